The highest BCUT2D eigenvalue weighted by Gasteiger charge is 2.16. The summed E-state index contributed by atoms with van der Waals surface area (Å²) in [5.74, 6) is 1.21. The Hall–Kier alpha value is -0.680. The first-order valence-corrected chi connectivity index (χ1v) is 7.41. The van der Waals surface area contributed by atoms with E-state index < -0.39 is 0 Å². The lowest BCUT2D eigenvalue weighted by Crippen LogP contribution is -2.15. The van der Waals surface area contributed by atoms with E-state index in [-0.39, 0.29) is 11.9 Å². The lowest BCUT2D eigenvalue weighted by atomic mass is 10.2. The number of nitrogens with zero attached hydrogens (tertiary/aromatic N) is 2. The minimum absolute atomic E-state index is 0.0992. The van der Waals surface area contributed by atoms with Crippen LogP contribution in [0, 0.1) is 12.8 Å². The number of thioether (sulfide) groups is 1. The molecule has 0 saturated carbocycles. The second-order valence-corrected chi connectivity index (χ2v) is 5.51. The van der Waals surface area contributed by atoms with Crippen molar-refractivity contribution in [3.63, 3.8) is 0 Å². The molecular formula is C12H19ClN2O2S. The van der Waals surface area contributed by atoms with Gasteiger partial charge < -0.3 is 4.74 Å². The van der Waals surface area contributed by atoms with E-state index in [1.54, 1.807) is 11.8 Å². The lowest BCUT2D eigenvalue weighted by molar-refractivity contribution is -0.143. The third-order valence-corrected chi connectivity index (χ3v) is 4.37. The van der Waals surface area contributed by atoms with Gasteiger partial charge in [-0.3, -0.25) is 9.48 Å². The monoisotopic (exact) mass is 290 g/mol. The van der Waals surface area contributed by atoms with E-state index in [9.17, 15) is 4.79 Å². The van der Waals surface area contributed by atoms with Gasteiger partial charge in [-0.25, -0.2) is 0 Å². The minimum atomic E-state index is -0.172. The molecule has 1 unspecified atom stereocenters. The van der Waals surface area contributed by atoms with Crippen molar-refractivity contribution >= 4 is 29.3 Å². The fraction of sp³-hybridized carbons (Fsp3) is 0.667. The number of halogens is 1. The van der Waals surface area contributed by atoms with Gasteiger partial charge in [-0.15, -0.1) is 0 Å². The van der Waals surface area contributed by atoms with Crippen LogP contribution < -0.4 is 0 Å². The summed E-state index contributed by atoms with van der Waals surface area (Å²) in [5.41, 5.74) is 1.88. The smallest absolute Gasteiger partial charge is 0.309 e. The minimum Gasteiger partial charge on any atom is -0.469 e. The first-order valence-electron chi connectivity index (χ1n) is 5.88. The van der Waals surface area contributed by atoms with E-state index >= 15 is 0 Å². The molecule has 1 aromatic rings. The van der Waals surface area contributed by atoms with Crippen LogP contribution in [0.5, 0.6) is 0 Å². The van der Waals surface area contributed by atoms with Crippen molar-refractivity contribution in [2.24, 2.45) is 5.92 Å². The number of hydrogen-bond acceptors (Lipinski definition) is 4. The zero-order valence-electron chi connectivity index (χ0n) is 11.2. The Morgan fingerprint density at radius 3 is 2.83 bits per heavy atom. The summed E-state index contributed by atoms with van der Waals surface area (Å²) in [6.07, 6.45) is 0. The molecule has 4 nitrogen and oxygen atoms in total. The molecule has 0 aromatic carbocycles. The average molecular weight is 291 g/mol. The summed E-state index contributed by atoms with van der Waals surface area (Å²) in [5, 5.41) is 5.09. The van der Waals surface area contributed by atoms with E-state index in [0.29, 0.717) is 0 Å². The van der Waals surface area contributed by atoms with Crippen molar-refractivity contribution < 1.29 is 9.53 Å². The summed E-state index contributed by atoms with van der Waals surface area (Å²) in [7, 11) is 1.41. The number of ether oxygens (including phenoxy) is 1. The van der Waals surface area contributed by atoms with Crippen LogP contribution in [0.3, 0.4) is 0 Å². The van der Waals surface area contributed by atoms with Crippen molar-refractivity contribution in [3.05, 3.63) is 16.4 Å². The van der Waals surface area contributed by atoms with Crippen molar-refractivity contribution in [2.45, 2.75) is 33.1 Å². The molecule has 0 saturated heterocycles. The van der Waals surface area contributed by atoms with Gasteiger partial charge in [-0.05, 0) is 13.8 Å². The number of methoxy groups -OCH3 is 1. The predicted molar refractivity (Wildman–Crippen MR) is 75.0 cm³/mol. The van der Waals surface area contributed by atoms with Crippen molar-refractivity contribution in [2.75, 3.05) is 12.9 Å². The maximum Gasteiger partial charge on any atom is 0.309 e. The Morgan fingerprint density at radius 1 is 1.61 bits per heavy atom. The first-order chi connectivity index (χ1) is 8.51. The lowest BCUT2D eigenvalue weighted by Gasteiger charge is -2.09. The van der Waals surface area contributed by atoms with E-state index in [0.717, 1.165) is 34.5 Å². The van der Waals surface area contributed by atoms with Gasteiger partial charge in [0.1, 0.15) is 0 Å². The molecule has 1 atom stereocenters. The molecule has 1 heterocycles. The molecule has 1 rings (SSSR count). The molecular weight excluding hydrogens is 272 g/mol. The molecule has 18 heavy (non-hydrogen) atoms. The molecule has 6 heteroatoms. The molecule has 0 spiro atoms. The quantitative estimate of drug-likeness (QED) is 0.756. The SMILES string of the molecule is CCn1nc(C)c(Cl)c1CSCC(C)C(=O)OC. The molecule has 0 N–H and O–H groups in total. The Kier molecular flexibility index (Phi) is 6.02. The van der Waals surface area contributed by atoms with Crippen LogP contribution >= 0.6 is 23.4 Å². The van der Waals surface area contributed by atoms with Gasteiger partial charge in [0.25, 0.3) is 0 Å². The van der Waals surface area contributed by atoms with Crippen LogP contribution in [0.4, 0.5) is 0 Å². The van der Waals surface area contributed by atoms with E-state index in [2.05, 4.69) is 5.10 Å². The standard InChI is InChI=1S/C12H19ClN2O2S/c1-5-15-10(11(13)9(3)14-15)7-18-6-8(2)12(16)17-4/h8H,5-7H2,1-4H3. The maximum atomic E-state index is 11.3. The Balaban J connectivity index is 2.56. The molecule has 0 aliphatic heterocycles. The average Bonchev–Trinajstić information content (AvgIpc) is 2.65. The van der Waals surface area contributed by atoms with Crippen molar-refractivity contribution in [1.82, 2.24) is 9.78 Å². The number of esters is 1. The van der Waals surface area contributed by atoms with Crippen LogP contribution in [0.25, 0.3) is 0 Å². The van der Waals surface area contributed by atoms with Gasteiger partial charge in [0, 0.05) is 18.1 Å². The third-order valence-electron chi connectivity index (χ3n) is 2.66. The highest BCUT2D eigenvalue weighted by atomic mass is 35.5. The third kappa shape index (κ3) is 3.65. The number of hydrogen-bond donors (Lipinski definition) is 0. The van der Waals surface area contributed by atoms with Gasteiger partial charge in [-0.2, -0.15) is 16.9 Å². The Bertz CT molecular complexity index is 420. The molecule has 0 amide bonds. The van der Waals surface area contributed by atoms with Gasteiger partial charge in [0.15, 0.2) is 0 Å². The first kappa shape index (κ1) is 15.4. The Labute approximate surface area is 117 Å². The summed E-state index contributed by atoms with van der Waals surface area (Å²) in [6, 6.07) is 0. The summed E-state index contributed by atoms with van der Waals surface area (Å²) in [4.78, 5) is 11.3. The molecule has 102 valence electrons. The number of carbonyl (C=O) groups excluding carboxylic acids is 1. The molecule has 0 bridgehead atoms. The summed E-state index contributed by atoms with van der Waals surface area (Å²) in [6.45, 7) is 6.60. The Morgan fingerprint density at radius 2 is 2.28 bits per heavy atom. The number of carbonyl (C=O) groups is 1. The molecule has 0 aliphatic rings. The number of aromatic nitrogens is 2. The fourth-order valence-corrected chi connectivity index (χ4v) is 2.98. The fourth-order valence-electron chi connectivity index (χ4n) is 1.61. The largest absolute Gasteiger partial charge is 0.469 e. The van der Waals surface area contributed by atoms with E-state index in [1.165, 1.54) is 7.11 Å². The van der Waals surface area contributed by atoms with Crippen LogP contribution in [0.1, 0.15) is 25.2 Å². The van der Waals surface area contributed by atoms with E-state index in [1.807, 2.05) is 25.5 Å². The van der Waals surface area contributed by atoms with Gasteiger partial charge in [0.2, 0.25) is 0 Å². The van der Waals surface area contributed by atoms with Crippen LogP contribution in [-0.4, -0.2) is 28.6 Å². The molecule has 1 aromatic heterocycles. The second-order valence-electron chi connectivity index (χ2n) is 4.10. The maximum absolute atomic E-state index is 11.3. The molecule has 0 fully saturated rings. The molecule has 0 radical (unpaired) electrons. The van der Waals surface area contributed by atoms with Crippen molar-refractivity contribution in [1.29, 1.82) is 0 Å². The van der Waals surface area contributed by atoms with Gasteiger partial charge >= 0.3 is 5.97 Å². The van der Waals surface area contributed by atoms with Crippen LogP contribution in [0.2, 0.25) is 5.02 Å². The van der Waals surface area contributed by atoms with Crippen LogP contribution in [0.15, 0.2) is 0 Å². The molecule has 0 aliphatic carbocycles. The topological polar surface area (TPSA) is 44.1 Å². The zero-order chi connectivity index (χ0) is 13.7. The predicted octanol–water partition coefficient (Wildman–Crippen LogP) is 2.91. The number of rotatable bonds is 6. The highest BCUT2D eigenvalue weighted by Crippen LogP contribution is 2.25. The normalized spacial score (nSPS) is 12.5. The van der Waals surface area contributed by atoms with Crippen molar-refractivity contribution in [3.8, 4) is 0 Å². The number of aryl methyl sites for hydroxylation is 2. The summed E-state index contributed by atoms with van der Waals surface area (Å²) < 4.78 is 6.60. The van der Waals surface area contributed by atoms with E-state index in [4.69, 9.17) is 16.3 Å². The van der Waals surface area contributed by atoms with Crippen LogP contribution in [-0.2, 0) is 21.8 Å². The zero-order valence-corrected chi connectivity index (χ0v) is 12.8. The highest BCUT2D eigenvalue weighted by molar-refractivity contribution is 7.98. The summed E-state index contributed by atoms with van der Waals surface area (Å²) >= 11 is 7.88. The van der Waals surface area contributed by atoms with Gasteiger partial charge in [-0.1, -0.05) is 18.5 Å². The van der Waals surface area contributed by atoms with Gasteiger partial charge in [0.05, 0.1) is 29.4 Å². The second kappa shape index (κ2) is 7.04.